The molecule has 0 N–H and O–H groups in total. The molecule has 7 atom stereocenters. The highest BCUT2D eigenvalue weighted by molar-refractivity contribution is 14.1. The maximum absolute atomic E-state index is 4.60. The lowest BCUT2D eigenvalue weighted by molar-refractivity contribution is -0.0782. The molecule has 0 heterocycles. The van der Waals surface area contributed by atoms with Crippen molar-refractivity contribution >= 4 is 22.6 Å². The molecule has 21 heavy (non-hydrogen) atoms. The van der Waals surface area contributed by atoms with Gasteiger partial charge >= 0.3 is 0 Å². The van der Waals surface area contributed by atoms with E-state index in [9.17, 15) is 0 Å². The SMILES string of the molecule is C=C1CC2C3CCC[C@@]3(C)CCC2[C@@]2(C)CC[C@H](I)CC12. The third kappa shape index (κ3) is 2.11. The molecule has 0 nitrogen and oxygen atoms in total. The molecule has 4 unspecified atom stereocenters. The number of halogens is 1. The zero-order valence-corrected chi connectivity index (χ0v) is 16.0. The summed E-state index contributed by atoms with van der Waals surface area (Å²) >= 11 is 2.70. The van der Waals surface area contributed by atoms with Crippen molar-refractivity contribution < 1.29 is 0 Å². The van der Waals surface area contributed by atoms with Crippen molar-refractivity contribution in [1.82, 2.24) is 0 Å². The third-order valence-electron chi connectivity index (χ3n) is 8.34. The number of fused-ring (bicyclic) bond motifs is 5. The van der Waals surface area contributed by atoms with E-state index in [1.807, 2.05) is 0 Å². The van der Waals surface area contributed by atoms with Gasteiger partial charge in [-0.1, -0.05) is 55.0 Å². The van der Waals surface area contributed by atoms with Gasteiger partial charge < -0.3 is 0 Å². The van der Waals surface area contributed by atoms with E-state index in [0.717, 1.165) is 27.6 Å². The van der Waals surface area contributed by atoms with Gasteiger partial charge in [0.15, 0.2) is 0 Å². The molecule has 0 bridgehead atoms. The summed E-state index contributed by atoms with van der Waals surface area (Å²) in [6, 6.07) is 0. The lowest BCUT2D eigenvalue weighted by atomic mass is 9.44. The van der Waals surface area contributed by atoms with E-state index < -0.39 is 0 Å². The van der Waals surface area contributed by atoms with Crippen LogP contribution in [0, 0.1) is 34.5 Å². The second-order valence-corrected chi connectivity index (χ2v) is 11.0. The number of hydrogen-bond donors (Lipinski definition) is 0. The molecule has 118 valence electrons. The van der Waals surface area contributed by atoms with E-state index >= 15 is 0 Å². The molecule has 0 aromatic carbocycles. The topological polar surface area (TPSA) is 0 Å². The van der Waals surface area contributed by atoms with Gasteiger partial charge in [-0.25, -0.2) is 0 Å². The second-order valence-electron chi connectivity index (χ2n) is 9.25. The highest BCUT2D eigenvalue weighted by Crippen LogP contribution is 2.67. The van der Waals surface area contributed by atoms with Crippen molar-refractivity contribution in [3.63, 3.8) is 0 Å². The lowest BCUT2D eigenvalue weighted by Gasteiger charge is -2.61. The number of rotatable bonds is 0. The van der Waals surface area contributed by atoms with Crippen molar-refractivity contribution in [2.24, 2.45) is 34.5 Å². The second kappa shape index (κ2) is 4.98. The fraction of sp³-hybridized carbons (Fsp3) is 0.900. The first-order valence-electron chi connectivity index (χ1n) is 9.26. The molecule has 4 aliphatic rings. The van der Waals surface area contributed by atoms with Gasteiger partial charge in [0.05, 0.1) is 0 Å². The summed E-state index contributed by atoms with van der Waals surface area (Å²) < 4.78 is 0.898. The smallest absolute Gasteiger partial charge is 0.0116 e. The third-order valence-corrected chi connectivity index (χ3v) is 9.47. The maximum Gasteiger partial charge on any atom is 0.0116 e. The molecular formula is C20H31I. The average Bonchev–Trinajstić information content (AvgIpc) is 2.83. The summed E-state index contributed by atoms with van der Waals surface area (Å²) in [5.74, 6) is 3.84. The summed E-state index contributed by atoms with van der Waals surface area (Å²) in [5.41, 5.74) is 2.91. The van der Waals surface area contributed by atoms with Gasteiger partial charge in [0, 0.05) is 3.92 Å². The van der Waals surface area contributed by atoms with Crippen molar-refractivity contribution in [3.05, 3.63) is 12.2 Å². The van der Waals surface area contributed by atoms with E-state index in [2.05, 4.69) is 43.0 Å². The van der Waals surface area contributed by atoms with Crippen molar-refractivity contribution in [2.75, 3.05) is 0 Å². The molecule has 0 spiro atoms. The zero-order chi connectivity index (χ0) is 14.8. The van der Waals surface area contributed by atoms with Gasteiger partial charge in [-0.05, 0) is 85.9 Å². The summed E-state index contributed by atoms with van der Waals surface area (Å²) in [6.07, 6.45) is 13.2. The van der Waals surface area contributed by atoms with E-state index in [-0.39, 0.29) is 0 Å². The van der Waals surface area contributed by atoms with Crippen LogP contribution in [0.4, 0.5) is 0 Å². The Labute approximate surface area is 144 Å². The minimum Gasteiger partial charge on any atom is -0.0995 e. The fourth-order valence-electron chi connectivity index (χ4n) is 7.19. The Morgan fingerprint density at radius 3 is 2.67 bits per heavy atom. The van der Waals surface area contributed by atoms with E-state index in [1.165, 1.54) is 57.8 Å². The minimum absolute atomic E-state index is 0.589. The first kappa shape index (κ1) is 15.0. The fourth-order valence-corrected chi connectivity index (χ4v) is 8.01. The van der Waals surface area contributed by atoms with Crippen LogP contribution < -0.4 is 0 Å². The highest BCUT2D eigenvalue weighted by atomic mass is 127. The molecule has 0 aliphatic heterocycles. The van der Waals surface area contributed by atoms with Crippen LogP contribution in [0.25, 0.3) is 0 Å². The highest BCUT2D eigenvalue weighted by Gasteiger charge is 2.58. The van der Waals surface area contributed by atoms with E-state index in [4.69, 9.17) is 0 Å². The predicted molar refractivity (Wildman–Crippen MR) is 98.7 cm³/mol. The van der Waals surface area contributed by atoms with Crippen molar-refractivity contribution in [3.8, 4) is 0 Å². The summed E-state index contributed by atoms with van der Waals surface area (Å²) in [7, 11) is 0. The van der Waals surface area contributed by atoms with Crippen molar-refractivity contribution in [1.29, 1.82) is 0 Å². The Morgan fingerprint density at radius 1 is 1.05 bits per heavy atom. The normalized spacial score (nSPS) is 56.5. The van der Waals surface area contributed by atoms with Crippen LogP contribution in [0.2, 0.25) is 0 Å². The molecule has 4 rings (SSSR count). The van der Waals surface area contributed by atoms with Crippen LogP contribution in [-0.2, 0) is 0 Å². The molecule has 0 saturated heterocycles. The van der Waals surface area contributed by atoms with Crippen LogP contribution >= 0.6 is 22.6 Å². The summed E-state index contributed by atoms with van der Waals surface area (Å²) in [5, 5.41) is 0. The van der Waals surface area contributed by atoms with Crippen LogP contribution in [0.1, 0.15) is 71.6 Å². The van der Waals surface area contributed by atoms with Gasteiger partial charge in [0.1, 0.15) is 0 Å². The van der Waals surface area contributed by atoms with Crippen LogP contribution in [0.3, 0.4) is 0 Å². The minimum atomic E-state index is 0.589. The first-order chi connectivity index (χ1) is 9.94. The molecule has 1 heteroatoms. The monoisotopic (exact) mass is 398 g/mol. The molecule has 0 radical (unpaired) electrons. The number of alkyl halides is 1. The summed E-state index contributed by atoms with van der Waals surface area (Å²) in [6.45, 7) is 9.87. The van der Waals surface area contributed by atoms with E-state index in [0.29, 0.717) is 10.8 Å². The molecule has 4 fully saturated rings. The van der Waals surface area contributed by atoms with Crippen molar-refractivity contribution in [2.45, 2.75) is 75.6 Å². The molecule has 0 aromatic heterocycles. The maximum atomic E-state index is 4.60. The predicted octanol–water partition coefficient (Wildman–Crippen LogP) is 6.39. The first-order valence-corrected chi connectivity index (χ1v) is 10.5. The molecule has 0 amide bonds. The Morgan fingerprint density at radius 2 is 1.86 bits per heavy atom. The zero-order valence-electron chi connectivity index (χ0n) is 13.8. The molecule has 0 aromatic rings. The average molecular weight is 398 g/mol. The largest absolute Gasteiger partial charge is 0.0995 e. The Kier molecular flexibility index (Phi) is 3.56. The number of hydrogen-bond acceptors (Lipinski definition) is 0. The van der Waals surface area contributed by atoms with Gasteiger partial charge in [-0.2, -0.15) is 0 Å². The Balaban J connectivity index is 1.68. The van der Waals surface area contributed by atoms with E-state index in [1.54, 1.807) is 5.57 Å². The quantitative estimate of drug-likeness (QED) is 0.252. The number of allylic oxidation sites excluding steroid dienone is 1. The Bertz CT molecular complexity index is 455. The van der Waals surface area contributed by atoms with Crippen LogP contribution in [0.5, 0.6) is 0 Å². The van der Waals surface area contributed by atoms with Crippen LogP contribution in [0.15, 0.2) is 12.2 Å². The van der Waals surface area contributed by atoms with Gasteiger partial charge in [0.2, 0.25) is 0 Å². The molecule has 4 saturated carbocycles. The van der Waals surface area contributed by atoms with Crippen LogP contribution in [-0.4, -0.2) is 3.92 Å². The Hall–Kier alpha value is 0.470. The standard InChI is InChI=1S/C20H31I/c1-13-11-15-16-5-4-8-19(16,2)9-7-17(15)20(3)10-6-14(21)12-18(13)20/h14-18H,1,4-12H2,2-3H3/t14-,15?,16?,17?,18?,19-,20+/m0/s1. The van der Waals surface area contributed by atoms with Gasteiger partial charge in [-0.3, -0.25) is 0 Å². The summed E-state index contributed by atoms with van der Waals surface area (Å²) in [4.78, 5) is 0. The van der Waals surface area contributed by atoms with Gasteiger partial charge in [-0.15, -0.1) is 0 Å². The molecule has 4 aliphatic carbocycles. The molecular weight excluding hydrogens is 367 g/mol. The van der Waals surface area contributed by atoms with Gasteiger partial charge in [0.25, 0.3) is 0 Å². The lowest BCUT2D eigenvalue weighted by Crippen LogP contribution is -2.53.